The molecule has 0 aromatic carbocycles. The summed E-state index contributed by atoms with van der Waals surface area (Å²) >= 11 is 1.28. The lowest BCUT2D eigenvalue weighted by molar-refractivity contribution is -0.136. The second-order valence-electron chi connectivity index (χ2n) is 3.01. The van der Waals surface area contributed by atoms with E-state index >= 15 is 0 Å². The van der Waals surface area contributed by atoms with Crippen molar-refractivity contribution in [2.75, 3.05) is 12.9 Å². The van der Waals surface area contributed by atoms with Gasteiger partial charge in [-0.15, -0.1) is 0 Å². The number of carbonyl (C=O) groups excluding carboxylic acids is 1. The monoisotopic (exact) mass is 256 g/mol. The normalized spacial score (nSPS) is 10.0. The number of nitrogens with zero attached hydrogens (tertiary/aromatic N) is 2. The van der Waals surface area contributed by atoms with Gasteiger partial charge in [0.2, 0.25) is 0 Å². The predicted molar refractivity (Wildman–Crippen MR) is 61.1 cm³/mol. The molecule has 0 fully saturated rings. The molecule has 0 aliphatic rings. The van der Waals surface area contributed by atoms with Crippen molar-refractivity contribution in [2.45, 2.75) is 18.5 Å². The first-order valence-electron chi connectivity index (χ1n) is 4.87. The standard InChI is InChI=1S/C10H12N2O4S/c1-3-16-9(15)6-5-11-10(17-2)12-7(6)4-8(13)14/h5H,3-4H2,1-2H3,(H,13,14). The van der Waals surface area contributed by atoms with Crippen molar-refractivity contribution in [3.05, 3.63) is 17.5 Å². The number of ether oxygens (including phenoxy) is 1. The van der Waals surface area contributed by atoms with Crippen molar-refractivity contribution >= 4 is 23.7 Å². The van der Waals surface area contributed by atoms with Crippen LogP contribution in [0.3, 0.4) is 0 Å². The first-order chi connectivity index (χ1) is 8.08. The average Bonchev–Trinajstić information content (AvgIpc) is 2.28. The van der Waals surface area contributed by atoms with Gasteiger partial charge in [-0.1, -0.05) is 11.8 Å². The molecule has 1 rings (SSSR count). The molecule has 0 spiro atoms. The highest BCUT2D eigenvalue weighted by Crippen LogP contribution is 2.13. The molecule has 0 saturated heterocycles. The van der Waals surface area contributed by atoms with E-state index < -0.39 is 11.9 Å². The highest BCUT2D eigenvalue weighted by Gasteiger charge is 2.17. The van der Waals surface area contributed by atoms with E-state index in [0.717, 1.165) is 0 Å². The van der Waals surface area contributed by atoms with Crippen LogP contribution in [0, 0.1) is 0 Å². The van der Waals surface area contributed by atoms with Gasteiger partial charge < -0.3 is 9.84 Å². The van der Waals surface area contributed by atoms with E-state index in [9.17, 15) is 9.59 Å². The summed E-state index contributed by atoms with van der Waals surface area (Å²) in [5.74, 6) is -1.65. The molecule has 0 unspecified atom stereocenters. The van der Waals surface area contributed by atoms with Gasteiger partial charge in [0.25, 0.3) is 0 Å². The van der Waals surface area contributed by atoms with Crippen molar-refractivity contribution in [2.24, 2.45) is 0 Å². The SMILES string of the molecule is CCOC(=O)c1cnc(SC)nc1CC(=O)O. The van der Waals surface area contributed by atoms with Gasteiger partial charge in [0.1, 0.15) is 5.56 Å². The molecule has 0 bridgehead atoms. The average molecular weight is 256 g/mol. The van der Waals surface area contributed by atoms with Crippen molar-refractivity contribution < 1.29 is 19.4 Å². The van der Waals surface area contributed by atoms with E-state index in [2.05, 4.69) is 9.97 Å². The number of thioether (sulfide) groups is 1. The quantitative estimate of drug-likeness (QED) is 0.477. The highest BCUT2D eigenvalue weighted by atomic mass is 32.2. The summed E-state index contributed by atoms with van der Waals surface area (Å²) in [5, 5.41) is 9.17. The maximum Gasteiger partial charge on any atom is 0.341 e. The Morgan fingerprint density at radius 3 is 2.76 bits per heavy atom. The van der Waals surface area contributed by atoms with Crippen molar-refractivity contribution in [1.29, 1.82) is 0 Å². The third-order valence-corrected chi connectivity index (χ3v) is 2.40. The first kappa shape index (κ1) is 13.4. The molecule has 0 saturated carbocycles. The third-order valence-electron chi connectivity index (χ3n) is 1.84. The zero-order chi connectivity index (χ0) is 12.8. The Morgan fingerprint density at radius 1 is 1.53 bits per heavy atom. The lowest BCUT2D eigenvalue weighted by Gasteiger charge is -2.06. The van der Waals surface area contributed by atoms with Crippen LogP contribution in [0.4, 0.5) is 0 Å². The highest BCUT2D eigenvalue weighted by molar-refractivity contribution is 7.98. The summed E-state index contributed by atoms with van der Waals surface area (Å²) in [4.78, 5) is 30.2. The Bertz CT molecular complexity index is 436. The molecule has 92 valence electrons. The minimum Gasteiger partial charge on any atom is -0.481 e. The van der Waals surface area contributed by atoms with Gasteiger partial charge in [0.15, 0.2) is 5.16 Å². The number of aromatic nitrogens is 2. The zero-order valence-corrected chi connectivity index (χ0v) is 10.3. The van der Waals surface area contributed by atoms with Crippen molar-refractivity contribution in [3.8, 4) is 0 Å². The van der Waals surface area contributed by atoms with Crippen molar-refractivity contribution in [3.63, 3.8) is 0 Å². The van der Waals surface area contributed by atoms with E-state index in [1.54, 1.807) is 13.2 Å². The fourth-order valence-electron chi connectivity index (χ4n) is 1.15. The molecule has 0 atom stereocenters. The van der Waals surface area contributed by atoms with Crippen LogP contribution in [0.25, 0.3) is 0 Å². The third kappa shape index (κ3) is 3.70. The number of esters is 1. The molecule has 1 aromatic rings. The summed E-state index contributed by atoms with van der Waals surface area (Å²) in [6.07, 6.45) is 2.74. The molecular formula is C10H12N2O4S. The number of carbonyl (C=O) groups is 2. The largest absolute Gasteiger partial charge is 0.481 e. The Labute approximate surface area is 102 Å². The summed E-state index contributed by atoms with van der Waals surface area (Å²) in [5.41, 5.74) is 0.280. The Morgan fingerprint density at radius 2 is 2.24 bits per heavy atom. The van der Waals surface area contributed by atoms with Crippen LogP contribution in [-0.2, 0) is 16.0 Å². The fourth-order valence-corrected chi connectivity index (χ4v) is 1.51. The molecule has 17 heavy (non-hydrogen) atoms. The number of carboxylic acid groups (broad SMARTS) is 1. The molecule has 6 nitrogen and oxygen atoms in total. The minimum absolute atomic E-state index is 0.104. The minimum atomic E-state index is -1.05. The van der Waals surface area contributed by atoms with Gasteiger partial charge in [0, 0.05) is 6.20 Å². The molecule has 1 heterocycles. The number of rotatable bonds is 5. The Balaban J connectivity index is 3.09. The van der Waals surface area contributed by atoms with Gasteiger partial charge in [-0.05, 0) is 13.2 Å². The lowest BCUT2D eigenvalue weighted by Crippen LogP contribution is -2.14. The van der Waals surface area contributed by atoms with Crippen LogP contribution >= 0.6 is 11.8 Å². The second-order valence-corrected chi connectivity index (χ2v) is 3.78. The Kier molecular flexibility index (Phi) is 4.89. The molecule has 0 radical (unpaired) electrons. The molecule has 1 aromatic heterocycles. The van der Waals surface area contributed by atoms with Gasteiger partial charge in [-0.3, -0.25) is 4.79 Å². The van der Waals surface area contributed by atoms with E-state index in [4.69, 9.17) is 9.84 Å². The van der Waals surface area contributed by atoms with Gasteiger partial charge in [-0.25, -0.2) is 14.8 Å². The predicted octanol–water partition coefficient (Wildman–Crippen LogP) is 1.00. The maximum atomic E-state index is 11.5. The summed E-state index contributed by atoms with van der Waals surface area (Å²) in [7, 11) is 0. The van der Waals surface area contributed by atoms with Crippen LogP contribution < -0.4 is 0 Å². The summed E-state index contributed by atoms with van der Waals surface area (Å²) in [6.45, 7) is 1.89. The number of hydrogen-bond donors (Lipinski definition) is 1. The van der Waals surface area contributed by atoms with Gasteiger partial charge >= 0.3 is 11.9 Å². The van der Waals surface area contributed by atoms with E-state index in [0.29, 0.717) is 5.16 Å². The maximum absolute atomic E-state index is 11.5. The smallest absolute Gasteiger partial charge is 0.341 e. The number of aliphatic carboxylic acids is 1. The van der Waals surface area contributed by atoms with Crippen LogP contribution in [0.5, 0.6) is 0 Å². The molecule has 7 heteroatoms. The first-order valence-corrected chi connectivity index (χ1v) is 6.09. The van der Waals surface area contributed by atoms with Crippen LogP contribution in [0.1, 0.15) is 23.0 Å². The molecule has 0 aliphatic carbocycles. The number of carboxylic acids is 1. The van der Waals surface area contributed by atoms with Crippen molar-refractivity contribution in [1.82, 2.24) is 9.97 Å². The van der Waals surface area contributed by atoms with Gasteiger partial charge in [0.05, 0.1) is 18.7 Å². The topological polar surface area (TPSA) is 89.4 Å². The fraction of sp³-hybridized carbons (Fsp3) is 0.400. The lowest BCUT2D eigenvalue weighted by atomic mass is 10.2. The number of hydrogen-bond acceptors (Lipinski definition) is 6. The molecule has 0 aliphatic heterocycles. The van der Waals surface area contributed by atoms with Gasteiger partial charge in [-0.2, -0.15) is 0 Å². The summed E-state index contributed by atoms with van der Waals surface area (Å²) < 4.78 is 4.81. The Hall–Kier alpha value is -1.63. The zero-order valence-electron chi connectivity index (χ0n) is 9.47. The molecular weight excluding hydrogens is 244 g/mol. The molecule has 1 N–H and O–H groups in total. The second kappa shape index (κ2) is 6.19. The summed E-state index contributed by atoms with van der Waals surface area (Å²) in [6, 6.07) is 0. The van der Waals surface area contributed by atoms with Crippen LogP contribution in [0.15, 0.2) is 11.4 Å². The van der Waals surface area contributed by atoms with E-state index in [1.807, 2.05) is 0 Å². The van der Waals surface area contributed by atoms with E-state index in [1.165, 1.54) is 18.0 Å². The van der Waals surface area contributed by atoms with Crippen LogP contribution in [0.2, 0.25) is 0 Å². The molecule has 0 amide bonds. The van der Waals surface area contributed by atoms with E-state index in [-0.39, 0.29) is 24.3 Å². The van der Waals surface area contributed by atoms with Crippen LogP contribution in [-0.4, -0.2) is 39.9 Å².